The Morgan fingerprint density at radius 3 is 2.65 bits per heavy atom. The molecule has 2 aromatic carbocycles. The second kappa shape index (κ2) is 7.12. The molecule has 150 valence electrons. The molecule has 0 saturated heterocycles. The topological polar surface area (TPSA) is 64.0 Å². The van der Waals surface area contributed by atoms with Crippen LogP contribution in [0.25, 0.3) is 40.8 Å². The van der Waals surface area contributed by atoms with Gasteiger partial charge in [-0.1, -0.05) is 48.5 Å². The third-order valence-corrected chi connectivity index (χ3v) is 8.38. The molecule has 0 aliphatic carbocycles. The Hall–Kier alpha value is -3.33. The van der Waals surface area contributed by atoms with Gasteiger partial charge >= 0.3 is 0 Å². The number of hydrogen-bond acceptors (Lipinski definition) is 6. The van der Waals surface area contributed by atoms with Crippen molar-refractivity contribution < 1.29 is 4.79 Å². The molecule has 8 heteroatoms. The first-order valence-electron chi connectivity index (χ1n) is 9.46. The lowest BCUT2D eigenvalue weighted by atomic mass is 10.1. The van der Waals surface area contributed by atoms with Crippen LogP contribution in [0.1, 0.15) is 9.67 Å². The molecule has 0 aliphatic rings. The highest BCUT2D eigenvalue weighted by molar-refractivity contribution is 7.33. The Morgan fingerprint density at radius 1 is 0.968 bits per heavy atom. The lowest BCUT2D eigenvalue weighted by Gasteiger charge is -2.07. The molecule has 0 unspecified atom stereocenters. The summed E-state index contributed by atoms with van der Waals surface area (Å²) in [6, 6.07) is 19.8. The number of carbonyl (C=O) groups is 1. The first-order chi connectivity index (χ1) is 15.2. The molecule has 6 rings (SSSR count). The predicted molar refractivity (Wildman–Crippen MR) is 130 cm³/mol. The molecule has 0 aliphatic heterocycles. The standard InChI is InChI=1S/C23H13N3O2S3/c27-21(18-10-17-20(31-18)14-8-4-5-9-16(14)30-17)25-26-12-24-22-19(23(26)28)15(11-29-22)13-6-2-1-3-7-13/h1-12H,(H,25,27). The molecule has 4 aromatic heterocycles. The predicted octanol–water partition coefficient (Wildman–Crippen LogP) is 5.94. The molecule has 0 bridgehead atoms. The van der Waals surface area contributed by atoms with Crippen LogP contribution >= 0.6 is 34.0 Å². The first-order valence-corrected chi connectivity index (χ1v) is 12.0. The van der Waals surface area contributed by atoms with Crippen molar-refractivity contribution in [1.82, 2.24) is 9.66 Å². The van der Waals surface area contributed by atoms with Gasteiger partial charge in [-0.2, -0.15) is 0 Å². The lowest BCUT2D eigenvalue weighted by molar-refractivity contribution is 0.101. The highest BCUT2D eigenvalue weighted by Gasteiger charge is 2.17. The number of rotatable bonds is 3. The maximum atomic E-state index is 13.2. The minimum atomic E-state index is -0.322. The fraction of sp³-hybridized carbons (Fsp3) is 0. The number of nitrogens with one attached hydrogen (secondary N) is 1. The van der Waals surface area contributed by atoms with Crippen molar-refractivity contribution in [3.63, 3.8) is 0 Å². The Morgan fingerprint density at radius 2 is 1.77 bits per heavy atom. The van der Waals surface area contributed by atoms with Gasteiger partial charge in [0.2, 0.25) is 0 Å². The summed E-state index contributed by atoms with van der Waals surface area (Å²) >= 11 is 4.52. The van der Waals surface area contributed by atoms with E-state index in [1.807, 2.05) is 53.9 Å². The molecule has 0 spiro atoms. The monoisotopic (exact) mass is 459 g/mol. The van der Waals surface area contributed by atoms with Gasteiger partial charge in [0.05, 0.1) is 15.0 Å². The van der Waals surface area contributed by atoms with Crippen molar-refractivity contribution >= 4 is 69.6 Å². The fourth-order valence-electron chi connectivity index (χ4n) is 3.62. The van der Waals surface area contributed by atoms with E-state index in [0.717, 1.165) is 25.9 Å². The number of thiophene rings is 3. The van der Waals surface area contributed by atoms with E-state index in [-0.39, 0.29) is 11.5 Å². The van der Waals surface area contributed by atoms with Crippen LogP contribution in [0.2, 0.25) is 0 Å². The van der Waals surface area contributed by atoms with Gasteiger partial charge in [-0.25, -0.2) is 9.66 Å². The zero-order valence-electron chi connectivity index (χ0n) is 15.9. The maximum absolute atomic E-state index is 13.2. The Balaban J connectivity index is 1.39. The van der Waals surface area contributed by atoms with Crippen molar-refractivity contribution in [2.24, 2.45) is 0 Å². The average Bonchev–Trinajstić information content (AvgIpc) is 3.49. The molecular formula is C23H13N3O2S3. The second-order valence-corrected chi connectivity index (χ2v) is 9.95. The van der Waals surface area contributed by atoms with Crippen LogP contribution in [0.15, 0.2) is 77.2 Å². The van der Waals surface area contributed by atoms with E-state index in [1.54, 1.807) is 11.3 Å². The largest absolute Gasteiger partial charge is 0.281 e. The van der Waals surface area contributed by atoms with E-state index in [4.69, 9.17) is 0 Å². The van der Waals surface area contributed by atoms with Gasteiger partial charge in [-0.3, -0.25) is 15.0 Å². The lowest BCUT2D eigenvalue weighted by Crippen LogP contribution is -2.32. The third-order valence-electron chi connectivity index (χ3n) is 5.07. The Kier molecular flexibility index (Phi) is 4.24. The van der Waals surface area contributed by atoms with Crippen molar-refractivity contribution in [2.45, 2.75) is 0 Å². The normalized spacial score (nSPS) is 11.5. The zero-order valence-corrected chi connectivity index (χ0v) is 18.3. The molecule has 0 atom stereocenters. The number of carbonyl (C=O) groups excluding carboxylic acids is 1. The minimum Gasteiger partial charge on any atom is -0.267 e. The third kappa shape index (κ3) is 2.99. The summed E-state index contributed by atoms with van der Waals surface area (Å²) in [6.07, 6.45) is 1.37. The molecule has 5 nitrogen and oxygen atoms in total. The Labute approximate surface area is 187 Å². The van der Waals surface area contributed by atoms with Crippen LogP contribution in [-0.2, 0) is 0 Å². The summed E-state index contributed by atoms with van der Waals surface area (Å²) in [5, 5.41) is 3.59. The van der Waals surface area contributed by atoms with Gasteiger partial charge in [-0.05, 0) is 17.7 Å². The van der Waals surface area contributed by atoms with Gasteiger partial charge in [0, 0.05) is 25.7 Å². The summed E-state index contributed by atoms with van der Waals surface area (Å²) in [5.74, 6) is -0.322. The number of benzene rings is 2. The highest BCUT2D eigenvalue weighted by atomic mass is 32.1. The fourth-order valence-corrected chi connectivity index (χ4v) is 6.94. The van der Waals surface area contributed by atoms with Gasteiger partial charge in [0.25, 0.3) is 11.5 Å². The average molecular weight is 460 g/mol. The van der Waals surface area contributed by atoms with Crippen LogP contribution in [0, 0.1) is 0 Å². The summed E-state index contributed by atoms with van der Waals surface area (Å²) in [6.45, 7) is 0. The van der Waals surface area contributed by atoms with Crippen molar-refractivity contribution in [1.29, 1.82) is 0 Å². The van der Waals surface area contributed by atoms with E-state index in [0.29, 0.717) is 15.1 Å². The quantitative estimate of drug-likeness (QED) is 0.356. The van der Waals surface area contributed by atoms with E-state index >= 15 is 0 Å². The maximum Gasteiger partial charge on any atom is 0.281 e. The van der Waals surface area contributed by atoms with Crippen LogP contribution < -0.4 is 11.0 Å². The van der Waals surface area contributed by atoms with Crippen LogP contribution in [0.3, 0.4) is 0 Å². The van der Waals surface area contributed by atoms with Gasteiger partial charge < -0.3 is 0 Å². The van der Waals surface area contributed by atoms with Crippen LogP contribution in [-0.4, -0.2) is 15.6 Å². The number of hydrogen-bond donors (Lipinski definition) is 1. The summed E-state index contributed by atoms with van der Waals surface area (Å²) in [4.78, 5) is 31.7. The SMILES string of the molecule is O=C(Nn1cnc2scc(-c3ccccc3)c2c1=O)c1cc2sc3ccccc3c2s1. The number of fused-ring (bicyclic) bond motifs is 4. The summed E-state index contributed by atoms with van der Waals surface area (Å²) < 4.78 is 4.54. The highest BCUT2D eigenvalue weighted by Crippen LogP contribution is 2.39. The van der Waals surface area contributed by atoms with E-state index in [1.165, 1.54) is 38.4 Å². The number of amides is 1. The molecule has 4 heterocycles. The van der Waals surface area contributed by atoms with E-state index < -0.39 is 0 Å². The number of aromatic nitrogens is 2. The van der Waals surface area contributed by atoms with Crippen molar-refractivity contribution in [3.8, 4) is 11.1 Å². The van der Waals surface area contributed by atoms with Gasteiger partial charge in [0.1, 0.15) is 11.2 Å². The smallest absolute Gasteiger partial charge is 0.267 e. The molecule has 0 radical (unpaired) electrons. The summed E-state index contributed by atoms with van der Waals surface area (Å²) in [5.41, 5.74) is 4.19. The zero-order chi connectivity index (χ0) is 20.9. The molecule has 0 fully saturated rings. The van der Waals surface area contributed by atoms with E-state index in [9.17, 15) is 9.59 Å². The van der Waals surface area contributed by atoms with Gasteiger partial charge in [-0.15, -0.1) is 34.0 Å². The minimum absolute atomic E-state index is 0.290. The second-order valence-electron chi connectivity index (χ2n) is 6.96. The Bertz CT molecular complexity index is 1660. The molecule has 0 saturated carbocycles. The molecule has 6 aromatic rings. The molecule has 1 N–H and O–H groups in total. The van der Waals surface area contributed by atoms with Crippen LogP contribution in [0.4, 0.5) is 0 Å². The molecule has 1 amide bonds. The van der Waals surface area contributed by atoms with Crippen molar-refractivity contribution in [3.05, 3.63) is 87.6 Å². The summed E-state index contributed by atoms with van der Waals surface area (Å²) in [7, 11) is 0. The van der Waals surface area contributed by atoms with Gasteiger partial charge in [0.15, 0.2) is 0 Å². The van der Waals surface area contributed by atoms with E-state index in [2.05, 4.69) is 22.5 Å². The molecule has 31 heavy (non-hydrogen) atoms. The first kappa shape index (κ1) is 18.4. The van der Waals surface area contributed by atoms with Crippen LogP contribution in [0.5, 0.6) is 0 Å². The van der Waals surface area contributed by atoms with Crippen molar-refractivity contribution in [2.75, 3.05) is 5.43 Å². The number of nitrogens with zero attached hydrogens (tertiary/aromatic N) is 2. The molecular weight excluding hydrogens is 446 g/mol.